The van der Waals surface area contributed by atoms with Crippen molar-refractivity contribution in [2.24, 2.45) is 5.11 Å². The molecule has 0 radical (unpaired) electrons. The Morgan fingerprint density at radius 3 is 2.43 bits per heavy atom. The first-order valence-corrected chi connectivity index (χ1v) is 19.9. The van der Waals surface area contributed by atoms with Crippen molar-refractivity contribution in [3.8, 4) is 5.75 Å². The summed E-state index contributed by atoms with van der Waals surface area (Å²) in [6, 6.07) is 15.1. The molecule has 2 aromatic carbocycles. The van der Waals surface area contributed by atoms with Gasteiger partial charge in [0.2, 0.25) is 0 Å². The van der Waals surface area contributed by atoms with Gasteiger partial charge in [0.1, 0.15) is 55.2 Å². The second-order valence-corrected chi connectivity index (χ2v) is 15.7. The fraction of sp³-hybridized carbons (Fsp3) is 0.629. The smallest absolute Gasteiger partial charge is 0.272 e. The molecule has 1 amide bonds. The fourth-order valence-corrected chi connectivity index (χ4v) is 6.83. The van der Waals surface area contributed by atoms with E-state index in [1.165, 1.54) is 0 Å². The third kappa shape index (κ3) is 12.5. The quantitative estimate of drug-likeness (QED) is 0.0451. The Balaban J connectivity index is 1.34. The van der Waals surface area contributed by atoms with Crippen molar-refractivity contribution >= 4 is 56.6 Å². The van der Waals surface area contributed by atoms with Gasteiger partial charge in [-0.05, 0) is 29.6 Å². The van der Waals surface area contributed by atoms with Crippen LogP contribution < -0.4 is 10.1 Å². The molecule has 310 valence electrons. The lowest BCUT2D eigenvalue weighted by atomic mass is 9.95. The van der Waals surface area contributed by atoms with Gasteiger partial charge in [-0.3, -0.25) is 4.79 Å². The van der Waals surface area contributed by atoms with Crippen molar-refractivity contribution in [2.75, 3.05) is 52.2 Å². The van der Waals surface area contributed by atoms with E-state index in [-0.39, 0.29) is 45.1 Å². The molecule has 0 aromatic heterocycles. The number of nitrogens with one attached hydrogen (secondary N) is 1. The maximum atomic E-state index is 13.1. The molecule has 3 saturated heterocycles. The normalized spacial score (nSPS) is 30.5. The van der Waals surface area contributed by atoms with Gasteiger partial charge in [-0.25, -0.2) is 0 Å². The number of hydrogen-bond donors (Lipinski definition) is 3. The summed E-state index contributed by atoms with van der Waals surface area (Å²) >= 11 is 21.2. The zero-order valence-electron chi connectivity index (χ0n) is 30.1. The van der Waals surface area contributed by atoms with Gasteiger partial charge in [-0.2, -0.15) is 0 Å². The first-order valence-electron chi connectivity index (χ1n) is 17.6. The highest BCUT2D eigenvalue weighted by Gasteiger charge is 2.55. The molecule has 3 aliphatic rings. The molecule has 5 rings (SSSR count). The number of aliphatic hydroxyl groups is 2. The van der Waals surface area contributed by atoms with E-state index < -0.39 is 77.3 Å². The summed E-state index contributed by atoms with van der Waals surface area (Å²) in [5.41, 5.74) is 9.86. The van der Waals surface area contributed by atoms with Gasteiger partial charge in [-0.1, -0.05) is 98.3 Å². The van der Waals surface area contributed by atoms with Crippen molar-refractivity contribution in [3.63, 3.8) is 0 Å². The van der Waals surface area contributed by atoms with Crippen LogP contribution in [0, 0.1) is 0 Å². The SMILES string of the molecule is COc1ccc(C2OC[C@H]3O[C@H](O[C@H]4[C@H](O)[C@@H](CBr)O[C@@H](OCOCCCOCCN=[N+]=[N-])[C@@H]4NC(=O)C(Cl)(Cl)Cl)[C@H](OCc4ccccc4)[C@@H](O)[C@H]3O2)cc1. The topological polar surface area (TPSA) is 211 Å². The molecule has 56 heavy (non-hydrogen) atoms. The number of halogens is 4. The number of benzene rings is 2. The van der Waals surface area contributed by atoms with Crippen LogP contribution in [0.2, 0.25) is 0 Å². The molecule has 1 unspecified atom stereocenters. The molecular formula is C35H44BrCl3N4O13. The number of aliphatic hydroxyl groups excluding tert-OH is 2. The number of methoxy groups -OCH3 is 1. The van der Waals surface area contributed by atoms with Gasteiger partial charge in [0.15, 0.2) is 18.9 Å². The van der Waals surface area contributed by atoms with Crippen LogP contribution in [0.5, 0.6) is 5.75 Å². The Morgan fingerprint density at radius 2 is 1.73 bits per heavy atom. The largest absolute Gasteiger partial charge is 0.497 e. The van der Waals surface area contributed by atoms with E-state index in [1.54, 1.807) is 31.4 Å². The Kier molecular flexibility index (Phi) is 18.0. The number of hydrogen-bond acceptors (Lipinski definition) is 14. The second-order valence-electron chi connectivity index (χ2n) is 12.7. The van der Waals surface area contributed by atoms with Crippen molar-refractivity contribution in [1.29, 1.82) is 0 Å². The maximum Gasteiger partial charge on any atom is 0.272 e. The van der Waals surface area contributed by atoms with E-state index >= 15 is 0 Å². The van der Waals surface area contributed by atoms with Crippen LogP contribution >= 0.6 is 50.7 Å². The third-order valence-electron chi connectivity index (χ3n) is 8.95. The summed E-state index contributed by atoms with van der Waals surface area (Å²) in [5, 5.41) is 29.6. The summed E-state index contributed by atoms with van der Waals surface area (Å²) in [6.07, 6.45) is -11.0. The van der Waals surface area contributed by atoms with Crippen molar-refractivity contribution in [3.05, 3.63) is 76.2 Å². The highest BCUT2D eigenvalue weighted by molar-refractivity contribution is 9.09. The average Bonchev–Trinajstić information content (AvgIpc) is 3.20. The van der Waals surface area contributed by atoms with E-state index in [9.17, 15) is 15.0 Å². The summed E-state index contributed by atoms with van der Waals surface area (Å²) in [7, 11) is 1.56. The van der Waals surface area contributed by atoms with E-state index in [2.05, 4.69) is 31.3 Å². The number of nitrogens with zero attached hydrogens (tertiary/aromatic N) is 3. The minimum absolute atomic E-state index is 0.000603. The van der Waals surface area contributed by atoms with Gasteiger partial charge < -0.3 is 62.9 Å². The van der Waals surface area contributed by atoms with Crippen LogP contribution in [0.3, 0.4) is 0 Å². The monoisotopic (exact) mass is 912 g/mol. The first kappa shape index (κ1) is 45.0. The summed E-state index contributed by atoms with van der Waals surface area (Å²) in [5.74, 6) is -0.401. The zero-order valence-corrected chi connectivity index (χ0v) is 34.0. The highest BCUT2D eigenvalue weighted by Crippen LogP contribution is 2.38. The lowest BCUT2D eigenvalue weighted by Gasteiger charge is -2.50. The molecule has 2 aromatic rings. The molecule has 3 N–H and O–H groups in total. The molecule has 0 spiro atoms. The molecule has 21 heteroatoms. The van der Waals surface area contributed by atoms with Crippen LogP contribution in [-0.2, 0) is 54.0 Å². The van der Waals surface area contributed by atoms with E-state index in [4.69, 9.17) is 87.7 Å². The number of azide groups is 1. The predicted octanol–water partition coefficient (Wildman–Crippen LogP) is 4.21. The molecule has 0 aliphatic carbocycles. The molecule has 3 fully saturated rings. The third-order valence-corrected chi connectivity index (χ3v) is 10.1. The number of fused-ring (bicyclic) bond motifs is 1. The van der Waals surface area contributed by atoms with Gasteiger partial charge in [0, 0.05) is 29.0 Å². The van der Waals surface area contributed by atoms with Gasteiger partial charge in [-0.15, -0.1) is 0 Å². The lowest BCUT2D eigenvalue weighted by Crippen LogP contribution is -2.69. The fourth-order valence-electron chi connectivity index (χ4n) is 6.13. The second kappa shape index (κ2) is 22.3. The van der Waals surface area contributed by atoms with Gasteiger partial charge in [0.05, 0.1) is 39.6 Å². The van der Waals surface area contributed by atoms with Crippen LogP contribution in [0.4, 0.5) is 0 Å². The average molecular weight is 915 g/mol. The Labute approximate surface area is 346 Å². The molecule has 17 nitrogen and oxygen atoms in total. The summed E-state index contributed by atoms with van der Waals surface area (Å²) in [4.78, 5) is 15.8. The minimum atomic E-state index is -2.41. The molecule has 0 bridgehead atoms. The maximum absolute atomic E-state index is 13.1. The Hall–Kier alpha value is -2.07. The molecule has 3 heterocycles. The molecule has 0 saturated carbocycles. The Bertz CT molecular complexity index is 1550. The van der Waals surface area contributed by atoms with Crippen molar-refractivity contribution in [1.82, 2.24) is 5.32 Å². The van der Waals surface area contributed by atoms with Crippen LogP contribution in [-0.4, -0.2) is 133 Å². The summed E-state index contributed by atoms with van der Waals surface area (Å²) < 4.78 is 57.2. The van der Waals surface area contributed by atoms with E-state index in [0.717, 1.165) is 5.56 Å². The molecular weight excluding hydrogens is 871 g/mol. The van der Waals surface area contributed by atoms with E-state index in [0.29, 0.717) is 24.3 Å². The minimum Gasteiger partial charge on any atom is -0.497 e. The zero-order chi connectivity index (χ0) is 40.1. The standard InChI is InChI=1S/C35H44BrCl3N4O13/c1-47-22-10-8-21(9-11-22)31-51-18-24-28(55-31)27(45)30(50-17-20-6-3-2-4-7-20)33(54-24)56-29-25(42-34(46)35(37,38)39)32(53-23(16-36)26(29)44)52-19-49-14-5-13-48-15-12-41-43-40/h2-4,6-11,23-33,44-45H,5,12-19H2,1H3,(H,42,46)/t23-,24-,25-,26-,27+,28+,29-,30-,31?,32-,33-/m1/s1. The number of rotatable bonds is 19. The van der Waals surface area contributed by atoms with Crippen LogP contribution in [0.25, 0.3) is 10.4 Å². The summed E-state index contributed by atoms with van der Waals surface area (Å²) in [6.45, 7) is 0.794. The van der Waals surface area contributed by atoms with Crippen molar-refractivity contribution in [2.45, 2.75) is 84.5 Å². The highest BCUT2D eigenvalue weighted by atomic mass is 79.9. The number of amides is 1. The van der Waals surface area contributed by atoms with E-state index in [1.807, 2.05) is 30.3 Å². The van der Waals surface area contributed by atoms with Gasteiger partial charge in [0.25, 0.3) is 9.70 Å². The Morgan fingerprint density at radius 1 is 0.982 bits per heavy atom. The number of carbonyl (C=O) groups excluding carboxylic acids is 1. The van der Waals surface area contributed by atoms with Crippen LogP contribution in [0.1, 0.15) is 23.8 Å². The van der Waals surface area contributed by atoms with Crippen molar-refractivity contribution < 1.29 is 62.4 Å². The predicted molar refractivity (Wildman–Crippen MR) is 203 cm³/mol. The first-order chi connectivity index (χ1) is 27.0. The number of carbonyl (C=O) groups is 1. The van der Waals surface area contributed by atoms with Gasteiger partial charge >= 0.3 is 0 Å². The molecule has 11 atom stereocenters. The lowest BCUT2D eigenvalue weighted by molar-refractivity contribution is -0.384. The number of ether oxygens (including phenoxy) is 10. The van der Waals surface area contributed by atoms with Crippen LogP contribution in [0.15, 0.2) is 59.7 Å². The number of alkyl halides is 4. The molecule has 3 aliphatic heterocycles.